The molecule has 0 atom stereocenters. The van der Waals surface area contributed by atoms with Crippen LogP contribution in [0.2, 0.25) is 0 Å². The first-order chi connectivity index (χ1) is 22.3. The third-order valence-electron chi connectivity index (χ3n) is 7.82. The number of amides is 2. The largest absolute Gasteiger partial charge is 0.493 e. The SMILES string of the molecule is COc1cc2c(Oc3ccc(NC(=O)C4(C(=O)Nc5ccc(F)cc5)CC4)cc3F)ccnc2cc1OCCNN1CCOCC1. The second-order valence-corrected chi connectivity index (χ2v) is 10.9. The molecule has 13 heteroatoms. The van der Waals surface area contributed by atoms with Crippen LogP contribution in [0.3, 0.4) is 0 Å². The molecule has 46 heavy (non-hydrogen) atoms. The molecule has 3 N–H and O–H groups in total. The van der Waals surface area contributed by atoms with Crippen molar-refractivity contribution in [1.29, 1.82) is 0 Å². The summed E-state index contributed by atoms with van der Waals surface area (Å²) in [7, 11) is 1.53. The summed E-state index contributed by atoms with van der Waals surface area (Å²) >= 11 is 0. The van der Waals surface area contributed by atoms with Crippen molar-refractivity contribution in [2.75, 3.05) is 57.2 Å². The van der Waals surface area contributed by atoms with Crippen molar-refractivity contribution < 1.29 is 37.3 Å². The molecule has 1 saturated carbocycles. The number of methoxy groups -OCH3 is 1. The maximum Gasteiger partial charge on any atom is 0.240 e. The van der Waals surface area contributed by atoms with E-state index in [1.165, 1.54) is 43.5 Å². The number of hydrazine groups is 1. The number of carbonyl (C=O) groups excluding carboxylic acids is 2. The maximum absolute atomic E-state index is 15.2. The van der Waals surface area contributed by atoms with Crippen LogP contribution in [-0.4, -0.2) is 68.4 Å². The van der Waals surface area contributed by atoms with Crippen molar-refractivity contribution in [3.05, 3.63) is 78.5 Å². The van der Waals surface area contributed by atoms with Crippen LogP contribution in [0.4, 0.5) is 20.2 Å². The van der Waals surface area contributed by atoms with Crippen molar-refractivity contribution in [1.82, 2.24) is 15.4 Å². The van der Waals surface area contributed by atoms with Crippen LogP contribution >= 0.6 is 0 Å². The van der Waals surface area contributed by atoms with Gasteiger partial charge in [0, 0.05) is 54.7 Å². The number of pyridine rings is 1. The van der Waals surface area contributed by atoms with Crippen LogP contribution in [0.25, 0.3) is 10.9 Å². The Labute approximate surface area is 263 Å². The van der Waals surface area contributed by atoms with E-state index in [0.29, 0.717) is 73.0 Å². The summed E-state index contributed by atoms with van der Waals surface area (Å²) in [6, 6.07) is 14.3. The Morgan fingerprint density at radius 3 is 2.30 bits per heavy atom. The van der Waals surface area contributed by atoms with E-state index in [1.54, 1.807) is 24.4 Å². The van der Waals surface area contributed by atoms with Gasteiger partial charge in [0.2, 0.25) is 11.8 Å². The van der Waals surface area contributed by atoms with Gasteiger partial charge >= 0.3 is 0 Å². The number of fused-ring (bicyclic) bond motifs is 1. The minimum atomic E-state index is -1.28. The molecule has 2 fully saturated rings. The highest BCUT2D eigenvalue weighted by Crippen LogP contribution is 2.47. The van der Waals surface area contributed by atoms with Gasteiger partial charge in [-0.05, 0) is 61.4 Å². The topological polar surface area (TPSA) is 123 Å². The zero-order valence-electron chi connectivity index (χ0n) is 25.1. The van der Waals surface area contributed by atoms with E-state index in [-0.39, 0.29) is 11.4 Å². The lowest BCUT2D eigenvalue weighted by molar-refractivity contribution is -0.131. The van der Waals surface area contributed by atoms with Gasteiger partial charge in [-0.25, -0.2) is 13.8 Å². The number of benzene rings is 3. The molecule has 11 nitrogen and oxygen atoms in total. The van der Waals surface area contributed by atoms with Crippen molar-refractivity contribution >= 4 is 34.1 Å². The number of aromatic nitrogens is 1. The van der Waals surface area contributed by atoms with Crippen molar-refractivity contribution in [2.45, 2.75) is 12.8 Å². The second kappa shape index (κ2) is 13.6. The first-order valence-electron chi connectivity index (χ1n) is 14.9. The van der Waals surface area contributed by atoms with Crippen molar-refractivity contribution in [3.8, 4) is 23.0 Å². The van der Waals surface area contributed by atoms with Gasteiger partial charge in [0.15, 0.2) is 23.1 Å². The summed E-state index contributed by atoms with van der Waals surface area (Å²) in [6.45, 7) is 3.98. The molecule has 240 valence electrons. The fourth-order valence-electron chi connectivity index (χ4n) is 5.07. The minimum Gasteiger partial charge on any atom is -0.493 e. The number of hydrogen-bond acceptors (Lipinski definition) is 9. The van der Waals surface area contributed by atoms with E-state index in [0.717, 1.165) is 19.2 Å². The number of nitrogens with zero attached hydrogens (tertiary/aromatic N) is 2. The van der Waals surface area contributed by atoms with Gasteiger partial charge in [0.25, 0.3) is 0 Å². The fraction of sp³-hybridized carbons (Fsp3) is 0.303. The smallest absolute Gasteiger partial charge is 0.240 e. The maximum atomic E-state index is 15.2. The predicted molar refractivity (Wildman–Crippen MR) is 166 cm³/mol. The molecular weight excluding hydrogens is 600 g/mol. The minimum absolute atomic E-state index is 0.0748. The van der Waals surface area contributed by atoms with Crippen molar-refractivity contribution in [3.63, 3.8) is 0 Å². The Bertz CT molecular complexity index is 1730. The Kier molecular flexibility index (Phi) is 9.24. The molecule has 0 spiro atoms. The van der Waals surface area contributed by atoms with Gasteiger partial charge in [-0.15, -0.1) is 0 Å². The lowest BCUT2D eigenvalue weighted by Crippen LogP contribution is -2.46. The normalized spacial score (nSPS) is 15.6. The highest BCUT2D eigenvalue weighted by molar-refractivity contribution is 6.16. The Morgan fingerprint density at radius 2 is 1.61 bits per heavy atom. The van der Waals surface area contributed by atoms with E-state index in [1.807, 2.05) is 0 Å². The molecular formula is C33H33F2N5O6. The van der Waals surface area contributed by atoms with E-state index in [9.17, 15) is 14.0 Å². The quantitative estimate of drug-likeness (QED) is 0.148. The summed E-state index contributed by atoms with van der Waals surface area (Å²) in [5.41, 5.74) is 3.14. The summed E-state index contributed by atoms with van der Waals surface area (Å²) < 4.78 is 51.2. The van der Waals surface area contributed by atoms with Crippen LogP contribution in [0.15, 0.2) is 66.9 Å². The van der Waals surface area contributed by atoms with Crippen LogP contribution in [0.1, 0.15) is 12.8 Å². The van der Waals surface area contributed by atoms with Gasteiger partial charge in [0.1, 0.15) is 23.6 Å². The Balaban J connectivity index is 1.10. The summed E-state index contributed by atoms with van der Waals surface area (Å²) in [5.74, 6) is -0.975. The molecule has 1 aromatic heterocycles. The zero-order chi connectivity index (χ0) is 32.1. The molecule has 1 saturated heterocycles. The van der Waals surface area contributed by atoms with E-state index in [2.05, 4.69) is 26.1 Å². The number of anilines is 2. The first kappa shape index (κ1) is 31.1. The molecule has 0 unspecified atom stereocenters. The van der Waals surface area contributed by atoms with Gasteiger partial charge < -0.3 is 29.6 Å². The number of rotatable bonds is 12. The standard InChI is InChI=1S/C33H33F2N5O6/c1-43-29-19-24-26(20-30(29)45-15-12-37-40-13-16-44-17-14-40)36-11-8-27(24)46-28-7-6-23(18-25(28)35)39-32(42)33(9-10-33)31(41)38-22-4-2-21(34)3-5-22/h2-8,11,18-20,37H,9-10,12-17H2,1H3,(H,38,41)(H,39,42). The third kappa shape index (κ3) is 7.01. The number of ether oxygens (including phenoxy) is 4. The lowest BCUT2D eigenvalue weighted by Gasteiger charge is -2.27. The average Bonchev–Trinajstić information content (AvgIpc) is 3.88. The summed E-state index contributed by atoms with van der Waals surface area (Å²) in [6.07, 6.45) is 2.23. The predicted octanol–water partition coefficient (Wildman–Crippen LogP) is 4.89. The molecule has 1 aliphatic heterocycles. The monoisotopic (exact) mass is 633 g/mol. The molecule has 2 amide bonds. The average molecular weight is 634 g/mol. The van der Waals surface area contributed by atoms with Crippen LogP contribution in [0.5, 0.6) is 23.0 Å². The van der Waals surface area contributed by atoms with Crippen molar-refractivity contribution in [2.24, 2.45) is 5.41 Å². The van der Waals surface area contributed by atoms with Gasteiger partial charge in [-0.3, -0.25) is 20.0 Å². The molecule has 6 rings (SSSR count). The lowest BCUT2D eigenvalue weighted by atomic mass is 10.0. The second-order valence-electron chi connectivity index (χ2n) is 10.9. The number of halogens is 2. The Hall–Kier alpha value is -4.85. The van der Waals surface area contributed by atoms with Crippen LogP contribution < -0.4 is 30.3 Å². The molecule has 3 aromatic carbocycles. The number of carbonyl (C=O) groups is 2. The molecule has 0 radical (unpaired) electrons. The van der Waals surface area contributed by atoms with E-state index >= 15 is 4.39 Å². The van der Waals surface area contributed by atoms with E-state index in [4.69, 9.17) is 18.9 Å². The number of hydrogen-bond donors (Lipinski definition) is 3. The highest BCUT2D eigenvalue weighted by atomic mass is 19.1. The van der Waals surface area contributed by atoms with Crippen LogP contribution in [0, 0.1) is 17.0 Å². The van der Waals surface area contributed by atoms with E-state index < -0.39 is 28.9 Å². The number of nitrogens with one attached hydrogen (secondary N) is 3. The Morgan fingerprint density at radius 1 is 0.891 bits per heavy atom. The summed E-state index contributed by atoms with van der Waals surface area (Å²) in [4.78, 5) is 30.3. The van der Waals surface area contributed by atoms with Gasteiger partial charge in [-0.1, -0.05) is 0 Å². The fourth-order valence-corrected chi connectivity index (χ4v) is 5.07. The third-order valence-corrected chi connectivity index (χ3v) is 7.82. The molecule has 1 aliphatic carbocycles. The van der Waals surface area contributed by atoms with Crippen LogP contribution in [-0.2, 0) is 14.3 Å². The highest BCUT2D eigenvalue weighted by Gasteiger charge is 2.56. The molecule has 2 aliphatic rings. The molecule has 4 aromatic rings. The zero-order valence-corrected chi connectivity index (χ0v) is 25.1. The first-order valence-corrected chi connectivity index (χ1v) is 14.9. The molecule has 2 heterocycles. The summed E-state index contributed by atoms with van der Waals surface area (Å²) in [5, 5.41) is 7.95. The number of morpholine rings is 1. The molecule has 0 bridgehead atoms. The van der Waals surface area contributed by atoms with Gasteiger partial charge in [0.05, 0.1) is 25.8 Å². The van der Waals surface area contributed by atoms with Gasteiger partial charge in [-0.2, -0.15) is 0 Å².